The molecule has 0 spiro atoms. The molecule has 17 heavy (non-hydrogen) atoms. The van der Waals surface area contributed by atoms with Gasteiger partial charge in [-0.1, -0.05) is 26.7 Å². The van der Waals surface area contributed by atoms with Crippen LogP contribution in [-0.4, -0.2) is 44.2 Å². The molecule has 0 rings (SSSR count). The van der Waals surface area contributed by atoms with Gasteiger partial charge in [0, 0.05) is 32.7 Å². The molecule has 0 aliphatic heterocycles. The van der Waals surface area contributed by atoms with Gasteiger partial charge in [-0.15, -0.1) is 0 Å². The van der Waals surface area contributed by atoms with Gasteiger partial charge in [-0.25, -0.2) is 0 Å². The van der Waals surface area contributed by atoms with Crippen LogP contribution in [0.1, 0.15) is 39.5 Å². The monoisotopic (exact) mass is 244 g/mol. The van der Waals surface area contributed by atoms with Crippen LogP contribution in [0.4, 0.5) is 0 Å². The van der Waals surface area contributed by atoms with Crippen molar-refractivity contribution in [2.75, 3.05) is 33.4 Å². The number of nitrogens with zero attached hydrogens (tertiary/aromatic N) is 1. The lowest BCUT2D eigenvalue weighted by Crippen LogP contribution is -2.41. The Balaban J connectivity index is 4.32. The molecule has 0 saturated heterocycles. The van der Waals surface area contributed by atoms with Gasteiger partial charge in [0.1, 0.15) is 0 Å². The fraction of sp³-hybridized carbons (Fsp3) is 0.923. The van der Waals surface area contributed by atoms with Crippen molar-refractivity contribution in [1.82, 2.24) is 4.90 Å². The number of nitrogens with two attached hydrogens (primary N) is 1. The third-order valence-corrected chi connectivity index (χ3v) is 3.02. The van der Waals surface area contributed by atoms with Crippen LogP contribution in [0, 0.1) is 5.92 Å². The number of methoxy groups -OCH3 is 1. The largest absolute Gasteiger partial charge is 0.383 e. The van der Waals surface area contributed by atoms with Crippen LogP contribution in [-0.2, 0) is 9.53 Å². The van der Waals surface area contributed by atoms with Crippen LogP contribution in [0.15, 0.2) is 0 Å². The molecule has 1 atom stereocenters. The minimum absolute atomic E-state index is 0.151. The molecule has 0 aliphatic rings. The summed E-state index contributed by atoms with van der Waals surface area (Å²) in [5.41, 5.74) is 5.55. The molecule has 102 valence electrons. The first-order valence-electron chi connectivity index (χ1n) is 6.68. The molecule has 4 heteroatoms. The lowest BCUT2D eigenvalue weighted by molar-refractivity contribution is -0.136. The predicted molar refractivity (Wildman–Crippen MR) is 70.8 cm³/mol. The van der Waals surface area contributed by atoms with E-state index in [0.29, 0.717) is 26.2 Å². The summed E-state index contributed by atoms with van der Waals surface area (Å²) in [4.78, 5) is 14.1. The molecule has 0 aromatic carbocycles. The van der Waals surface area contributed by atoms with E-state index in [4.69, 9.17) is 10.5 Å². The Morgan fingerprint density at radius 1 is 1.35 bits per heavy atom. The second-order valence-electron chi connectivity index (χ2n) is 4.35. The number of hydrogen-bond acceptors (Lipinski definition) is 3. The van der Waals surface area contributed by atoms with E-state index in [0.717, 1.165) is 25.7 Å². The average Bonchev–Trinajstić information content (AvgIpc) is 2.35. The average molecular weight is 244 g/mol. The topological polar surface area (TPSA) is 55.6 Å². The molecule has 4 nitrogen and oxygen atoms in total. The number of rotatable bonds is 10. The molecule has 1 unspecified atom stereocenters. The summed E-state index contributed by atoms with van der Waals surface area (Å²) in [6.45, 7) is 6.60. The van der Waals surface area contributed by atoms with Gasteiger partial charge in [0.2, 0.25) is 5.91 Å². The van der Waals surface area contributed by atoms with Crippen LogP contribution in [0.3, 0.4) is 0 Å². The fourth-order valence-electron chi connectivity index (χ4n) is 1.90. The van der Waals surface area contributed by atoms with Crippen LogP contribution in [0.5, 0.6) is 0 Å². The second kappa shape index (κ2) is 10.5. The molecule has 2 N–H and O–H groups in total. The van der Waals surface area contributed by atoms with Gasteiger partial charge in [-0.3, -0.25) is 4.79 Å². The quantitative estimate of drug-likeness (QED) is 0.635. The van der Waals surface area contributed by atoms with Crippen molar-refractivity contribution in [2.45, 2.75) is 39.5 Å². The van der Waals surface area contributed by atoms with Gasteiger partial charge in [0.15, 0.2) is 0 Å². The molecule has 0 bridgehead atoms. The van der Waals surface area contributed by atoms with E-state index >= 15 is 0 Å². The van der Waals surface area contributed by atoms with Crippen molar-refractivity contribution in [3.05, 3.63) is 0 Å². The van der Waals surface area contributed by atoms with Crippen molar-refractivity contribution in [1.29, 1.82) is 0 Å². The molecular weight excluding hydrogens is 216 g/mol. The number of carbonyl (C=O) groups excluding carboxylic acids is 1. The summed E-state index contributed by atoms with van der Waals surface area (Å²) in [7, 11) is 1.65. The van der Waals surface area contributed by atoms with Crippen LogP contribution < -0.4 is 5.73 Å². The Morgan fingerprint density at radius 2 is 2.06 bits per heavy atom. The van der Waals surface area contributed by atoms with Crippen molar-refractivity contribution in [3.8, 4) is 0 Å². The van der Waals surface area contributed by atoms with Gasteiger partial charge >= 0.3 is 0 Å². The van der Waals surface area contributed by atoms with Crippen molar-refractivity contribution in [3.63, 3.8) is 0 Å². The lowest BCUT2D eigenvalue weighted by atomic mass is 9.97. The minimum Gasteiger partial charge on any atom is -0.383 e. The second-order valence-corrected chi connectivity index (χ2v) is 4.35. The number of unbranched alkanes of at least 4 members (excludes halogenated alkanes) is 1. The van der Waals surface area contributed by atoms with Crippen LogP contribution in [0.25, 0.3) is 0 Å². The van der Waals surface area contributed by atoms with E-state index in [1.54, 1.807) is 7.11 Å². The Morgan fingerprint density at radius 3 is 2.53 bits per heavy atom. The Hall–Kier alpha value is -0.610. The highest BCUT2D eigenvalue weighted by molar-refractivity contribution is 5.78. The zero-order valence-corrected chi connectivity index (χ0v) is 11.6. The normalized spacial score (nSPS) is 12.5. The molecule has 0 aromatic rings. The smallest absolute Gasteiger partial charge is 0.225 e. The molecular formula is C13H28N2O2. The van der Waals surface area contributed by atoms with E-state index in [9.17, 15) is 4.79 Å². The number of hydrogen-bond donors (Lipinski definition) is 1. The molecule has 0 aromatic heterocycles. The van der Waals surface area contributed by atoms with E-state index in [1.807, 2.05) is 4.90 Å². The highest BCUT2D eigenvalue weighted by Crippen LogP contribution is 2.15. The summed E-state index contributed by atoms with van der Waals surface area (Å²) < 4.78 is 5.03. The summed E-state index contributed by atoms with van der Waals surface area (Å²) in [5, 5.41) is 0. The Labute approximate surface area is 105 Å². The SMILES string of the molecule is CCCCC(CC)C(=O)N(CCN)CCOC. The van der Waals surface area contributed by atoms with Crippen LogP contribution >= 0.6 is 0 Å². The third-order valence-electron chi connectivity index (χ3n) is 3.02. The van der Waals surface area contributed by atoms with Gasteiger partial charge in [-0.05, 0) is 12.8 Å². The Bertz CT molecular complexity index is 198. The molecule has 0 heterocycles. The highest BCUT2D eigenvalue weighted by Gasteiger charge is 2.21. The maximum Gasteiger partial charge on any atom is 0.225 e. The Kier molecular flexibility index (Phi) is 10.2. The van der Waals surface area contributed by atoms with E-state index in [2.05, 4.69) is 13.8 Å². The first-order chi connectivity index (χ1) is 8.21. The summed E-state index contributed by atoms with van der Waals surface area (Å²) >= 11 is 0. The summed E-state index contributed by atoms with van der Waals surface area (Å²) in [5.74, 6) is 0.391. The maximum atomic E-state index is 12.3. The van der Waals surface area contributed by atoms with Gasteiger partial charge in [0.05, 0.1) is 6.61 Å². The zero-order valence-electron chi connectivity index (χ0n) is 11.6. The number of ether oxygens (including phenoxy) is 1. The van der Waals surface area contributed by atoms with E-state index in [-0.39, 0.29) is 11.8 Å². The van der Waals surface area contributed by atoms with Gasteiger partial charge in [-0.2, -0.15) is 0 Å². The first-order valence-corrected chi connectivity index (χ1v) is 6.68. The summed E-state index contributed by atoms with van der Waals surface area (Å²) in [6.07, 6.45) is 4.15. The predicted octanol–water partition coefficient (Wildman–Crippen LogP) is 1.64. The van der Waals surface area contributed by atoms with Crippen LogP contribution in [0.2, 0.25) is 0 Å². The minimum atomic E-state index is 0.151. The highest BCUT2D eigenvalue weighted by atomic mass is 16.5. The lowest BCUT2D eigenvalue weighted by Gasteiger charge is -2.26. The number of carbonyl (C=O) groups is 1. The number of amides is 1. The molecule has 0 aliphatic carbocycles. The van der Waals surface area contributed by atoms with E-state index in [1.165, 1.54) is 0 Å². The van der Waals surface area contributed by atoms with E-state index < -0.39 is 0 Å². The fourth-order valence-corrected chi connectivity index (χ4v) is 1.90. The maximum absolute atomic E-state index is 12.3. The first kappa shape index (κ1) is 16.4. The van der Waals surface area contributed by atoms with Crippen molar-refractivity contribution in [2.24, 2.45) is 11.7 Å². The molecule has 0 radical (unpaired) electrons. The molecule has 1 amide bonds. The molecule has 0 fully saturated rings. The van der Waals surface area contributed by atoms with Crippen molar-refractivity contribution >= 4 is 5.91 Å². The standard InChI is InChI=1S/C13H28N2O2/c1-4-6-7-12(5-2)13(16)15(9-8-14)10-11-17-3/h12H,4-11,14H2,1-3H3. The van der Waals surface area contributed by atoms with Gasteiger partial charge in [0.25, 0.3) is 0 Å². The van der Waals surface area contributed by atoms with Gasteiger partial charge < -0.3 is 15.4 Å². The zero-order chi connectivity index (χ0) is 13.1. The summed E-state index contributed by atoms with van der Waals surface area (Å²) in [6, 6.07) is 0. The molecule has 0 saturated carbocycles. The van der Waals surface area contributed by atoms with Crippen molar-refractivity contribution < 1.29 is 9.53 Å². The third kappa shape index (κ3) is 6.64.